The second-order valence-electron chi connectivity index (χ2n) is 10.7. The smallest absolute Gasteiger partial charge is 0.123 e. The van der Waals surface area contributed by atoms with Crippen molar-refractivity contribution in [3.05, 3.63) is 148 Å². The Hall–Kier alpha value is -4.63. The van der Waals surface area contributed by atoms with Crippen molar-refractivity contribution in [2.75, 3.05) is 5.32 Å². The summed E-state index contributed by atoms with van der Waals surface area (Å²) in [6, 6.07) is 37.5. The van der Waals surface area contributed by atoms with Gasteiger partial charge in [-0.05, 0) is 79.4 Å². The van der Waals surface area contributed by atoms with E-state index in [2.05, 4.69) is 116 Å². The van der Waals surface area contributed by atoms with Crippen molar-refractivity contribution in [1.82, 2.24) is 4.57 Å². The molecule has 1 aromatic heterocycles. The molecule has 190 valence electrons. The number of nitrogens with zero attached hydrogens (tertiary/aromatic N) is 1. The first-order valence-corrected chi connectivity index (χ1v) is 13.4. The molecule has 1 N–H and O–H groups in total. The van der Waals surface area contributed by atoms with Crippen LogP contribution in [0.4, 0.5) is 15.8 Å². The zero-order valence-corrected chi connectivity index (χ0v) is 22.3. The number of benzene rings is 5. The van der Waals surface area contributed by atoms with Crippen LogP contribution in [0.3, 0.4) is 0 Å². The van der Waals surface area contributed by atoms with Crippen LogP contribution < -0.4 is 5.32 Å². The van der Waals surface area contributed by atoms with Gasteiger partial charge >= 0.3 is 0 Å². The summed E-state index contributed by atoms with van der Waals surface area (Å²) in [7, 11) is 0. The molecule has 0 saturated carbocycles. The van der Waals surface area contributed by atoms with E-state index < -0.39 is 0 Å². The van der Waals surface area contributed by atoms with Gasteiger partial charge in [0.15, 0.2) is 0 Å². The number of nitrogens with one attached hydrogen (secondary N) is 1. The van der Waals surface area contributed by atoms with Crippen LogP contribution in [0.1, 0.15) is 39.3 Å². The summed E-state index contributed by atoms with van der Waals surface area (Å²) in [5.74, 6) is -0.322. The molecular weight excluding hydrogens is 479 g/mol. The minimum Gasteiger partial charge on any atom is -0.354 e. The molecule has 0 amide bonds. The summed E-state index contributed by atoms with van der Waals surface area (Å²) < 4.78 is 16.6. The number of rotatable bonds is 3. The van der Waals surface area contributed by atoms with Gasteiger partial charge in [-0.1, -0.05) is 83.9 Å². The van der Waals surface area contributed by atoms with E-state index in [0.29, 0.717) is 0 Å². The molecule has 39 heavy (non-hydrogen) atoms. The van der Waals surface area contributed by atoms with Crippen LogP contribution in [0.15, 0.2) is 109 Å². The molecule has 1 unspecified atom stereocenters. The molecule has 0 saturated heterocycles. The average molecular weight is 509 g/mol. The lowest BCUT2D eigenvalue weighted by Crippen LogP contribution is -2.07. The first-order valence-electron chi connectivity index (χ1n) is 13.4. The topological polar surface area (TPSA) is 17.0 Å². The van der Waals surface area contributed by atoms with Crippen LogP contribution in [0.25, 0.3) is 27.8 Å². The first-order chi connectivity index (χ1) is 19.0. The molecule has 6 aromatic rings. The molecule has 7 rings (SSSR count). The van der Waals surface area contributed by atoms with E-state index in [1.54, 1.807) is 12.1 Å². The van der Waals surface area contributed by atoms with Crippen LogP contribution >= 0.6 is 0 Å². The van der Waals surface area contributed by atoms with Gasteiger partial charge in [0.1, 0.15) is 5.82 Å². The highest BCUT2D eigenvalue weighted by molar-refractivity contribution is 6.06. The number of hydrogen-bond donors (Lipinski definition) is 1. The maximum Gasteiger partial charge on any atom is 0.123 e. The fourth-order valence-electron chi connectivity index (χ4n) is 6.13. The first kappa shape index (κ1) is 23.5. The summed E-state index contributed by atoms with van der Waals surface area (Å²) in [5.41, 5.74) is 13.9. The monoisotopic (exact) mass is 508 g/mol. The molecule has 5 aromatic carbocycles. The summed E-state index contributed by atoms with van der Waals surface area (Å²) in [6.45, 7) is 6.42. The molecule has 2 heterocycles. The van der Waals surface area contributed by atoms with E-state index in [1.165, 1.54) is 33.2 Å². The standard InChI is InChI=1S/C36H29FN2/c1-22-9-17-28(18-10-22)39-31-20-12-24(3)35-33(31)34(36(39)26-7-5-4-6-8-26)32(25-13-15-27(37)16-14-25)29-21-23(2)11-19-30(29)38-35/h4-21,32,38H,1-3H3. The van der Waals surface area contributed by atoms with Crippen molar-refractivity contribution in [1.29, 1.82) is 0 Å². The lowest BCUT2D eigenvalue weighted by molar-refractivity contribution is 0.627. The minimum atomic E-state index is -0.225. The number of aromatic nitrogens is 1. The van der Waals surface area contributed by atoms with Gasteiger partial charge in [-0.25, -0.2) is 4.39 Å². The molecule has 1 aliphatic heterocycles. The van der Waals surface area contributed by atoms with Crippen molar-refractivity contribution < 1.29 is 4.39 Å². The van der Waals surface area contributed by atoms with Crippen LogP contribution in [0.2, 0.25) is 0 Å². The van der Waals surface area contributed by atoms with Gasteiger partial charge < -0.3 is 9.88 Å². The van der Waals surface area contributed by atoms with E-state index in [4.69, 9.17) is 0 Å². The van der Waals surface area contributed by atoms with Crippen LogP contribution in [-0.4, -0.2) is 4.57 Å². The molecular formula is C36H29FN2. The Morgan fingerprint density at radius 2 is 1.44 bits per heavy atom. The van der Waals surface area contributed by atoms with Crippen molar-refractivity contribution in [2.24, 2.45) is 0 Å². The summed E-state index contributed by atoms with van der Waals surface area (Å²) in [5, 5.41) is 5.05. The average Bonchev–Trinajstić information content (AvgIpc) is 3.20. The van der Waals surface area contributed by atoms with Crippen molar-refractivity contribution in [2.45, 2.75) is 26.7 Å². The third kappa shape index (κ3) is 3.77. The molecule has 0 radical (unpaired) electrons. The van der Waals surface area contributed by atoms with Crippen LogP contribution in [0, 0.1) is 26.6 Å². The number of aryl methyl sites for hydroxylation is 3. The van der Waals surface area contributed by atoms with Gasteiger partial charge in [-0.15, -0.1) is 0 Å². The predicted octanol–water partition coefficient (Wildman–Crippen LogP) is 9.60. The van der Waals surface area contributed by atoms with Gasteiger partial charge in [0.05, 0.1) is 16.9 Å². The van der Waals surface area contributed by atoms with E-state index >= 15 is 0 Å². The minimum absolute atomic E-state index is 0.0968. The Bertz CT molecular complexity index is 1850. The fourth-order valence-corrected chi connectivity index (χ4v) is 6.13. The highest BCUT2D eigenvalue weighted by atomic mass is 19.1. The molecule has 0 bridgehead atoms. The highest BCUT2D eigenvalue weighted by Crippen LogP contribution is 2.52. The van der Waals surface area contributed by atoms with Crippen LogP contribution in [-0.2, 0) is 0 Å². The number of fused-ring (bicyclic) bond motifs is 1. The molecule has 0 fully saturated rings. The van der Waals surface area contributed by atoms with E-state index in [1.807, 2.05) is 12.1 Å². The van der Waals surface area contributed by atoms with E-state index in [0.717, 1.165) is 39.4 Å². The Morgan fingerprint density at radius 3 is 2.18 bits per heavy atom. The van der Waals surface area contributed by atoms with Gasteiger partial charge in [0.25, 0.3) is 0 Å². The molecule has 0 spiro atoms. The summed E-state index contributed by atoms with van der Waals surface area (Å²) >= 11 is 0. The third-order valence-electron chi connectivity index (χ3n) is 7.99. The highest BCUT2D eigenvalue weighted by Gasteiger charge is 2.33. The Morgan fingerprint density at radius 1 is 0.718 bits per heavy atom. The van der Waals surface area contributed by atoms with Gasteiger partial charge in [0, 0.05) is 28.2 Å². The quantitative estimate of drug-likeness (QED) is 0.251. The second-order valence-corrected chi connectivity index (χ2v) is 10.7. The molecule has 0 aliphatic carbocycles. The van der Waals surface area contributed by atoms with E-state index in [-0.39, 0.29) is 11.7 Å². The zero-order valence-electron chi connectivity index (χ0n) is 22.3. The van der Waals surface area contributed by atoms with E-state index in [9.17, 15) is 4.39 Å². The molecule has 2 nitrogen and oxygen atoms in total. The van der Waals surface area contributed by atoms with Gasteiger partial charge in [-0.3, -0.25) is 0 Å². The molecule has 1 aliphatic rings. The Kier molecular flexibility index (Phi) is 5.41. The maximum atomic E-state index is 14.2. The normalized spacial score (nSPS) is 14.1. The number of anilines is 2. The summed E-state index contributed by atoms with van der Waals surface area (Å²) in [6.07, 6.45) is 0. The Balaban J connectivity index is 1.70. The Labute approximate surface area is 228 Å². The predicted molar refractivity (Wildman–Crippen MR) is 160 cm³/mol. The third-order valence-corrected chi connectivity index (χ3v) is 7.99. The SMILES string of the molecule is Cc1ccc(-n2c(-c3ccccc3)c3c4c(c(C)ccc42)Nc2ccc(C)cc2C3c2ccc(F)cc2)cc1. The largest absolute Gasteiger partial charge is 0.354 e. The summed E-state index contributed by atoms with van der Waals surface area (Å²) in [4.78, 5) is 0. The number of hydrogen-bond acceptors (Lipinski definition) is 1. The molecule has 1 atom stereocenters. The van der Waals surface area contributed by atoms with Gasteiger partial charge in [-0.2, -0.15) is 0 Å². The lowest BCUT2D eigenvalue weighted by atomic mass is 9.82. The van der Waals surface area contributed by atoms with Crippen molar-refractivity contribution >= 4 is 22.3 Å². The second kappa shape index (κ2) is 8.99. The van der Waals surface area contributed by atoms with Crippen LogP contribution in [0.5, 0.6) is 0 Å². The fraction of sp³-hybridized carbons (Fsp3) is 0.111. The van der Waals surface area contributed by atoms with Crippen molar-refractivity contribution in [3.8, 4) is 16.9 Å². The lowest BCUT2D eigenvalue weighted by Gasteiger charge is -2.23. The maximum absolute atomic E-state index is 14.2. The van der Waals surface area contributed by atoms with Gasteiger partial charge in [0.2, 0.25) is 0 Å². The molecule has 3 heteroatoms. The number of halogens is 1. The van der Waals surface area contributed by atoms with Crippen molar-refractivity contribution in [3.63, 3.8) is 0 Å². The zero-order chi connectivity index (χ0) is 26.7.